The zero-order chi connectivity index (χ0) is 13.1. The highest BCUT2D eigenvalue weighted by Gasteiger charge is 2.11. The summed E-state index contributed by atoms with van der Waals surface area (Å²) in [5, 5.41) is 2.68. The first kappa shape index (κ1) is 12.5. The van der Waals surface area contributed by atoms with Gasteiger partial charge in [-0.2, -0.15) is 0 Å². The second-order valence-corrected chi connectivity index (χ2v) is 4.51. The summed E-state index contributed by atoms with van der Waals surface area (Å²) in [6, 6.07) is 6.81. The molecule has 2 heterocycles. The molecule has 0 atom stereocenters. The van der Waals surface area contributed by atoms with Crippen molar-refractivity contribution in [2.24, 2.45) is 0 Å². The normalized spacial score (nSPS) is 10.1. The van der Waals surface area contributed by atoms with Gasteiger partial charge in [0.2, 0.25) is 0 Å². The molecule has 5 nitrogen and oxygen atoms in total. The molecular weight excluding hydrogens is 296 g/mol. The summed E-state index contributed by atoms with van der Waals surface area (Å²) in [4.78, 5) is 20.0. The summed E-state index contributed by atoms with van der Waals surface area (Å²) in [6.07, 6.45) is 1.54. The van der Waals surface area contributed by atoms with Gasteiger partial charge in [-0.3, -0.25) is 4.79 Å². The molecule has 1 amide bonds. The van der Waals surface area contributed by atoms with E-state index in [4.69, 9.17) is 5.73 Å². The van der Waals surface area contributed by atoms with Crippen LogP contribution in [0.3, 0.4) is 0 Å². The van der Waals surface area contributed by atoms with Crippen LogP contribution < -0.4 is 11.1 Å². The third-order valence-corrected chi connectivity index (χ3v) is 3.18. The van der Waals surface area contributed by atoms with Gasteiger partial charge in [0.15, 0.2) is 0 Å². The van der Waals surface area contributed by atoms with Crippen LogP contribution in [0.5, 0.6) is 0 Å². The third kappa shape index (κ3) is 2.65. The number of rotatable bonds is 2. The van der Waals surface area contributed by atoms with E-state index in [0.29, 0.717) is 11.4 Å². The van der Waals surface area contributed by atoms with Gasteiger partial charge in [-0.05, 0) is 47.1 Å². The molecule has 0 aromatic carbocycles. The van der Waals surface area contributed by atoms with Crippen molar-refractivity contribution < 1.29 is 4.79 Å². The van der Waals surface area contributed by atoms with Crippen LogP contribution in [0.4, 0.5) is 11.6 Å². The van der Waals surface area contributed by atoms with Crippen LogP contribution in [0.1, 0.15) is 16.1 Å². The van der Waals surface area contributed by atoms with E-state index in [9.17, 15) is 4.79 Å². The maximum atomic E-state index is 11.9. The molecule has 2 rings (SSSR count). The Labute approximate surface area is 113 Å². The standard InChI is InChI=1S/C12H11BrN4O/c1-7-9(13)4-5-10(16-7)17-12(18)8-3-2-6-15-11(8)14/h2-6H,1H3,(H2,14,15)(H,16,17,18). The van der Waals surface area contributed by atoms with E-state index in [1.807, 2.05) is 13.0 Å². The first-order chi connectivity index (χ1) is 8.58. The average Bonchev–Trinajstić information content (AvgIpc) is 2.34. The Morgan fingerprint density at radius 3 is 2.83 bits per heavy atom. The molecule has 0 fully saturated rings. The molecule has 2 aromatic rings. The smallest absolute Gasteiger partial charge is 0.260 e. The summed E-state index contributed by atoms with van der Waals surface area (Å²) in [5.41, 5.74) is 6.76. The Morgan fingerprint density at radius 2 is 2.17 bits per heavy atom. The third-order valence-electron chi connectivity index (χ3n) is 2.35. The van der Waals surface area contributed by atoms with Gasteiger partial charge in [-0.15, -0.1) is 0 Å². The lowest BCUT2D eigenvalue weighted by molar-refractivity contribution is 0.102. The van der Waals surface area contributed by atoms with Crippen molar-refractivity contribution >= 4 is 33.5 Å². The minimum absolute atomic E-state index is 0.198. The number of amides is 1. The maximum Gasteiger partial charge on any atom is 0.260 e. The van der Waals surface area contributed by atoms with Crippen molar-refractivity contribution in [3.63, 3.8) is 0 Å². The molecular formula is C12H11BrN4O. The number of nitrogens with zero attached hydrogens (tertiary/aromatic N) is 2. The highest BCUT2D eigenvalue weighted by molar-refractivity contribution is 9.10. The highest BCUT2D eigenvalue weighted by atomic mass is 79.9. The number of aryl methyl sites for hydroxylation is 1. The Hall–Kier alpha value is -1.95. The quantitative estimate of drug-likeness (QED) is 0.892. The summed E-state index contributed by atoms with van der Waals surface area (Å²) in [7, 11) is 0. The second-order valence-electron chi connectivity index (χ2n) is 3.65. The number of halogens is 1. The minimum Gasteiger partial charge on any atom is -0.383 e. The average molecular weight is 307 g/mol. The summed E-state index contributed by atoms with van der Waals surface area (Å²) >= 11 is 3.35. The number of hydrogen-bond donors (Lipinski definition) is 2. The maximum absolute atomic E-state index is 11.9. The lowest BCUT2D eigenvalue weighted by Gasteiger charge is -2.07. The molecule has 0 unspecified atom stereocenters. The number of nitrogens with one attached hydrogen (secondary N) is 1. The number of hydrogen-bond acceptors (Lipinski definition) is 4. The van der Waals surface area contributed by atoms with Crippen molar-refractivity contribution in [2.45, 2.75) is 6.92 Å². The molecule has 0 saturated heterocycles. The van der Waals surface area contributed by atoms with E-state index >= 15 is 0 Å². The summed E-state index contributed by atoms with van der Waals surface area (Å²) in [6.45, 7) is 1.85. The van der Waals surface area contributed by atoms with Gasteiger partial charge in [0.25, 0.3) is 5.91 Å². The fourth-order valence-corrected chi connectivity index (χ4v) is 1.63. The van der Waals surface area contributed by atoms with Crippen LogP contribution in [-0.2, 0) is 0 Å². The van der Waals surface area contributed by atoms with Crippen molar-refractivity contribution in [3.05, 3.63) is 46.2 Å². The van der Waals surface area contributed by atoms with Gasteiger partial charge >= 0.3 is 0 Å². The molecule has 2 aromatic heterocycles. The SMILES string of the molecule is Cc1nc(NC(=O)c2cccnc2N)ccc1Br. The Kier molecular flexibility index (Phi) is 3.57. The Bertz CT molecular complexity index is 600. The number of nitrogen functional groups attached to an aromatic ring is 1. The number of carbonyl (C=O) groups is 1. The van der Waals surface area contributed by atoms with Gasteiger partial charge in [-0.25, -0.2) is 9.97 Å². The molecule has 0 bridgehead atoms. The molecule has 0 spiro atoms. The fourth-order valence-electron chi connectivity index (χ4n) is 1.41. The second kappa shape index (κ2) is 5.14. The highest BCUT2D eigenvalue weighted by Crippen LogP contribution is 2.17. The van der Waals surface area contributed by atoms with Crippen LogP contribution in [0.15, 0.2) is 34.9 Å². The van der Waals surface area contributed by atoms with E-state index < -0.39 is 0 Å². The predicted octanol–water partition coefficient (Wildman–Crippen LogP) is 2.38. The van der Waals surface area contributed by atoms with E-state index in [1.54, 1.807) is 18.2 Å². The van der Waals surface area contributed by atoms with Crippen LogP contribution in [-0.4, -0.2) is 15.9 Å². The number of carbonyl (C=O) groups excluding carboxylic acids is 1. The van der Waals surface area contributed by atoms with Gasteiger partial charge < -0.3 is 11.1 Å². The number of anilines is 2. The number of pyridine rings is 2. The Morgan fingerprint density at radius 1 is 1.39 bits per heavy atom. The van der Waals surface area contributed by atoms with Crippen molar-refractivity contribution in [1.29, 1.82) is 0 Å². The van der Waals surface area contributed by atoms with Gasteiger partial charge in [0.05, 0.1) is 11.3 Å². The molecule has 3 N–H and O–H groups in total. The monoisotopic (exact) mass is 306 g/mol. The van der Waals surface area contributed by atoms with Gasteiger partial charge in [0, 0.05) is 10.7 Å². The van der Waals surface area contributed by atoms with Crippen LogP contribution in [0.25, 0.3) is 0 Å². The topological polar surface area (TPSA) is 80.9 Å². The largest absolute Gasteiger partial charge is 0.383 e. The molecule has 0 aliphatic rings. The lowest BCUT2D eigenvalue weighted by atomic mass is 10.2. The van der Waals surface area contributed by atoms with Crippen LogP contribution in [0, 0.1) is 6.92 Å². The Balaban J connectivity index is 2.22. The summed E-state index contributed by atoms with van der Waals surface area (Å²) in [5.74, 6) is 0.350. The molecule has 18 heavy (non-hydrogen) atoms. The molecule has 92 valence electrons. The van der Waals surface area contributed by atoms with Crippen LogP contribution >= 0.6 is 15.9 Å². The molecule has 0 aliphatic heterocycles. The summed E-state index contributed by atoms with van der Waals surface area (Å²) < 4.78 is 0.890. The van der Waals surface area contributed by atoms with E-state index in [2.05, 4.69) is 31.2 Å². The van der Waals surface area contributed by atoms with Gasteiger partial charge in [0.1, 0.15) is 11.6 Å². The van der Waals surface area contributed by atoms with Crippen molar-refractivity contribution in [3.8, 4) is 0 Å². The first-order valence-corrected chi connectivity index (χ1v) is 6.02. The first-order valence-electron chi connectivity index (χ1n) is 5.23. The predicted molar refractivity (Wildman–Crippen MR) is 73.3 cm³/mol. The fraction of sp³-hybridized carbons (Fsp3) is 0.0833. The number of aromatic nitrogens is 2. The molecule has 0 radical (unpaired) electrons. The van der Waals surface area contributed by atoms with Crippen molar-refractivity contribution in [2.75, 3.05) is 11.1 Å². The molecule has 0 saturated carbocycles. The van der Waals surface area contributed by atoms with E-state index in [-0.39, 0.29) is 11.7 Å². The van der Waals surface area contributed by atoms with E-state index in [0.717, 1.165) is 10.2 Å². The van der Waals surface area contributed by atoms with Crippen LogP contribution in [0.2, 0.25) is 0 Å². The zero-order valence-electron chi connectivity index (χ0n) is 9.64. The van der Waals surface area contributed by atoms with E-state index in [1.165, 1.54) is 6.20 Å². The molecule has 6 heteroatoms. The van der Waals surface area contributed by atoms with Gasteiger partial charge in [-0.1, -0.05) is 0 Å². The van der Waals surface area contributed by atoms with Crippen molar-refractivity contribution in [1.82, 2.24) is 9.97 Å². The lowest BCUT2D eigenvalue weighted by Crippen LogP contribution is -2.15. The zero-order valence-corrected chi connectivity index (χ0v) is 11.2. The minimum atomic E-state index is -0.324. The molecule has 0 aliphatic carbocycles. The number of nitrogens with two attached hydrogens (primary N) is 1.